The molecule has 5 nitrogen and oxygen atoms in total. The van der Waals surface area contributed by atoms with Gasteiger partial charge in [-0.3, -0.25) is 9.58 Å². The predicted octanol–water partition coefficient (Wildman–Crippen LogP) is 2.26. The summed E-state index contributed by atoms with van der Waals surface area (Å²) in [6.07, 6.45) is 6.14. The molecule has 3 heterocycles. The first-order valence-corrected chi connectivity index (χ1v) is 7.72. The van der Waals surface area contributed by atoms with E-state index in [0.717, 1.165) is 44.8 Å². The van der Waals surface area contributed by atoms with Gasteiger partial charge in [0, 0.05) is 61.3 Å². The second-order valence-corrected chi connectivity index (χ2v) is 5.83. The van der Waals surface area contributed by atoms with E-state index in [1.807, 2.05) is 19.3 Å². The molecule has 1 aliphatic heterocycles. The van der Waals surface area contributed by atoms with Gasteiger partial charge >= 0.3 is 0 Å². The zero-order chi connectivity index (χ0) is 14.8. The number of fused-ring (bicyclic) bond motifs is 1. The van der Waals surface area contributed by atoms with Crippen LogP contribution in [0.5, 0.6) is 0 Å². The minimum Gasteiger partial charge on any atom is -0.294 e. The van der Waals surface area contributed by atoms with Crippen molar-refractivity contribution >= 4 is 0 Å². The van der Waals surface area contributed by atoms with Gasteiger partial charge < -0.3 is 0 Å². The fourth-order valence-electron chi connectivity index (χ4n) is 2.93. The molecule has 0 spiro atoms. The van der Waals surface area contributed by atoms with E-state index in [1.165, 1.54) is 22.5 Å². The maximum Gasteiger partial charge on any atom is 0.125 e. The molecule has 0 unspecified atom stereocenters. The third-order valence-electron chi connectivity index (χ3n) is 4.17. The highest BCUT2D eigenvalue weighted by Crippen LogP contribution is 2.19. The summed E-state index contributed by atoms with van der Waals surface area (Å²) in [4.78, 5) is 11.3. The lowest BCUT2D eigenvalue weighted by atomic mass is 10.1. The zero-order valence-electron chi connectivity index (χ0n) is 13.1. The van der Waals surface area contributed by atoms with Crippen LogP contribution in [0.1, 0.15) is 41.7 Å². The molecule has 0 saturated carbocycles. The average molecular weight is 285 g/mol. The molecule has 21 heavy (non-hydrogen) atoms. The van der Waals surface area contributed by atoms with Gasteiger partial charge in [0.1, 0.15) is 5.82 Å². The standard InChI is InChI=1S/C16H23N5/c1-4-6-21-12(2)14(9-18-21)10-20-7-5-16-15(11-20)8-17-13(3)19-16/h8-9H,4-7,10-11H2,1-3H3. The molecule has 1 aliphatic rings. The lowest BCUT2D eigenvalue weighted by molar-refractivity contribution is 0.242. The van der Waals surface area contributed by atoms with Gasteiger partial charge in [-0.1, -0.05) is 6.92 Å². The Morgan fingerprint density at radius 1 is 1.24 bits per heavy atom. The highest BCUT2D eigenvalue weighted by Gasteiger charge is 2.19. The molecule has 0 atom stereocenters. The molecular formula is C16H23N5. The topological polar surface area (TPSA) is 46.8 Å². The Labute approximate surface area is 126 Å². The molecule has 0 amide bonds. The van der Waals surface area contributed by atoms with E-state index in [9.17, 15) is 0 Å². The van der Waals surface area contributed by atoms with Gasteiger partial charge in [-0.05, 0) is 20.3 Å². The number of aryl methyl sites for hydroxylation is 2. The lowest BCUT2D eigenvalue weighted by Gasteiger charge is -2.27. The smallest absolute Gasteiger partial charge is 0.125 e. The molecular weight excluding hydrogens is 262 g/mol. The van der Waals surface area contributed by atoms with Crippen molar-refractivity contribution in [2.75, 3.05) is 6.54 Å². The average Bonchev–Trinajstić information content (AvgIpc) is 2.81. The second-order valence-electron chi connectivity index (χ2n) is 5.83. The fraction of sp³-hybridized carbons (Fsp3) is 0.562. The van der Waals surface area contributed by atoms with Crippen molar-refractivity contribution in [2.24, 2.45) is 0 Å². The first-order chi connectivity index (χ1) is 10.2. The van der Waals surface area contributed by atoms with Crippen LogP contribution in [0.4, 0.5) is 0 Å². The van der Waals surface area contributed by atoms with Crippen molar-refractivity contribution in [3.63, 3.8) is 0 Å². The summed E-state index contributed by atoms with van der Waals surface area (Å²) in [6, 6.07) is 0. The summed E-state index contributed by atoms with van der Waals surface area (Å²) in [7, 11) is 0. The van der Waals surface area contributed by atoms with E-state index >= 15 is 0 Å². The van der Waals surface area contributed by atoms with E-state index in [-0.39, 0.29) is 0 Å². The summed E-state index contributed by atoms with van der Waals surface area (Å²) < 4.78 is 2.11. The van der Waals surface area contributed by atoms with Gasteiger partial charge in [0.05, 0.1) is 6.20 Å². The molecule has 0 radical (unpaired) electrons. The number of nitrogens with zero attached hydrogens (tertiary/aromatic N) is 5. The van der Waals surface area contributed by atoms with Crippen LogP contribution in [-0.2, 0) is 26.1 Å². The number of rotatable bonds is 4. The van der Waals surface area contributed by atoms with Crippen LogP contribution in [0.25, 0.3) is 0 Å². The van der Waals surface area contributed by atoms with Crippen molar-refractivity contribution in [1.82, 2.24) is 24.6 Å². The van der Waals surface area contributed by atoms with E-state index in [0.29, 0.717) is 0 Å². The molecule has 2 aromatic rings. The summed E-state index contributed by atoms with van der Waals surface area (Å²) in [6.45, 7) is 10.3. The van der Waals surface area contributed by atoms with Crippen molar-refractivity contribution in [1.29, 1.82) is 0 Å². The van der Waals surface area contributed by atoms with Crippen LogP contribution in [-0.4, -0.2) is 31.2 Å². The number of hydrogen-bond donors (Lipinski definition) is 0. The molecule has 0 aromatic carbocycles. The Morgan fingerprint density at radius 3 is 2.90 bits per heavy atom. The van der Waals surface area contributed by atoms with Crippen LogP contribution in [0.3, 0.4) is 0 Å². The van der Waals surface area contributed by atoms with E-state index in [1.54, 1.807) is 0 Å². The van der Waals surface area contributed by atoms with Crippen LogP contribution >= 0.6 is 0 Å². The molecule has 0 N–H and O–H groups in total. The highest BCUT2D eigenvalue weighted by molar-refractivity contribution is 5.22. The van der Waals surface area contributed by atoms with Crippen LogP contribution < -0.4 is 0 Å². The molecule has 5 heteroatoms. The number of hydrogen-bond acceptors (Lipinski definition) is 4. The minimum atomic E-state index is 0.874. The van der Waals surface area contributed by atoms with Gasteiger partial charge in [-0.2, -0.15) is 5.10 Å². The van der Waals surface area contributed by atoms with Crippen LogP contribution in [0.15, 0.2) is 12.4 Å². The van der Waals surface area contributed by atoms with Gasteiger partial charge in [-0.25, -0.2) is 9.97 Å². The number of aromatic nitrogens is 4. The highest BCUT2D eigenvalue weighted by atomic mass is 15.3. The molecule has 0 fully saturated rings. The molecule has 0 bridgehead atoms. The Kier molecular flexibility index (Phi) is 4.01. The minimum absolute atomic E-state index is 0.874. The Hall–Kier alpha value is -1.75. The summed E-state index contributed by atoms with van der Waals surface area (Å²) in [5.74, 6) is 0.874. The monoisotopic (exact) mass is 285 g/mol. The van der Waals surface area contributed by atoms with Gasteiger partial charge in [0.15, 0.2) is 0 Å². The third-order valence-corrected chi connectivity index (χ3v) is 4.17. The first-order valence-electron chi connectivity index (χ1n) is 7.72. The quantitative estimate of drug-likeness (QED) is 0.864. The summed E-state index contributed by atoms with van der Waals surface area (Å²) in [5.41, 5.74) is 5.12. The maximum atomic E-state index is 4.55. The maximum absolute atomic E-state index is 4.55. The van der Waals surface area contributed by atoms with Crippen LogP contribution in [0, 0.1) is 13.8 Å². The summed E-state index contributed by atoms with van der Waals surface area (Å²) >= 11 is 0. The SMILES string of the molecule is CCCn1ncc(CN2CCc3nc(C)ncc3C2)c1C. The van der Waals surface area contributed by atoms with Gasteiger partial charge in [-0.15, -0.1) is 0 Å². The van der Waals surface area contributed by atoms with E-state index < -0.39 is 0 Å². The molecule has 3 rings (SSSR count). The molecule has 0 saturated heterocycles. The normalized spacial score (nSPS) is 15.2. The molecule has 2 aromatic heterocycles. The van der Waals surface area contributed by atoms with Gasteiger partial charge in [0.25, 0.3) is 0 Å². The Balaban J connectivity index is 1.71. The largest absolute Gasteiger partial charge is 0.294 e. The van der Waals surface area contributed by atoms with Crippen molar-refractivity contribution < 1.29 is 0 Å². The Bertz CT molecular complexity index is 632. The van der Waals surface area contributed by atoms with Gasteiger partial charge in [0.2, 0.25) is 0 Å². The first kappa shape index (κ1) is 14.2. The molecule has 0 aliphatic carbocycles. The Morgan fingerprint density at radius 2 is 2.10 bits per heavy atom. The third kappa shape index (κ3) is 2.97. The van der Waals surface area contributed by atoms with Crippen molar-refractivity contribution in [3.8, 4) is 0 Å². The van der Waals surface area contributed by atoms with Crippen molar-refractivity contribution in [3.05, 3.63) is 40.7 Å². The summed E-state index contributed by atoms with van der Waals surface area (Å²) in [5, 5.41) is 4.49. The second kappa shape index (κ2) is 5.93. The van der Waals surface area contributed by atoms with Crippen LogP contribution in [0.2, 0.25) is 0 Å². The van der Waals surface area contributed by atoms with Crippen molar-refractivity contribution in [2.45, 2.75) is 53.2 Å². The van der Waals surface area contributed by atoms with E-state index in [4.69, 9.17) is 0 Å². The predicted molar refractivity (Wildman–Crippen MR) is 81.8 cm³/mol. The van der Waals surface area contributed by atoms with E-state index in [2.05, 4.69) is 38.5 Å². The zero-order valence-corrected chi connectivity index (χ0v) is 13.1. The lowest BCUT2D eigenvalue weighted by Crippen LogP contribution is -2.31. The molecule has 112 valence electrons. The fourth-order valence-corrected chi connectivity index (χ4v) is 2.93.